The normalized spacial score (nSPS) is 20.4. The maximum absolute atomic E-state index is 13.6. The van der Waals surface area contributed by atoms with Gasteiger partial charge in [0.2, 0.25) is 15.9 Å². The third kappa shape index (κ3) is 4.25. The molecule has 1 aliphatic rings. The highest BCUT2D eigenvalue weighted by Gasteiger charge is 2.26. The Labute approximate surface area is 129 Å². The van der Waals surface area contributed by atoms with Crippen LogP contribution in [0.25, 0.3) is 0 Å². The van der Waals surface area contributed by atoms with Gasteiger partial charge in [-0.2, -0.15) is 4.72 Å². The van der Waals surface area contributed by atoms with Crippen molar-refractivity contribution in [3.8, 4) is 0 Å². The minimum Gasteiger partial charge on any atom is -0.351 e. The van der Waals surface area contributed by atoms with Gasteiger partial charge in [0.1, 0.15) is 10.7 Å². The molecule has 0 radical (unpaired) electrons. The Kier molecular flexibility index (Phi) is 5.49. The van der Waals surface area contributed by atoms with E-state index in [-0.39, 0.29) is 6.04 Å². The van der Waals surface area contributed by atoms with Crippen LogP contribution in [0.1, 0.15) is 19.8 Å². The van der Waals surface area contributed by atoms with Gasteiger partial charge in [0.15, 0.2) is 0 Å². The molecule has 0 saturated carbocycles. The lowest BCUT2D eigenvalue weighted by Gasteiger charge is -2.25. The van der Waals surface area contributed by atoms with Gasteiger partial charge in [0.25, 0.3) is 0 Å². The average Bonchev–Trinajstić information content (AvgIpc) is 2.48. The first-order valence-corrected chi connectivity index (χ1v) is 8.66. The summed E-state index contributed by atoms with van der Waals surface area (Å²) in [4.78, 5) is 11.6. The molecule has 22 heavy (non-hydrogen) atoms. The maximum atomic E-state index is 13.6. The summed E-state index contributed by atoms with van der Waals surface area (Å²) in [5.41, 5.74) is 0. The Hall–Kier alpha value is -1.51. The van der Waals surface area contributed by atoms with Crippen molar-refractivity contribution < 1.29 is 17.6 Å². The van der Waals surface area contributed by atoms with Gasteiger partial charge in [-0.15, -0.1) is 0 Å². The molecule has 0 aliphatic carbocycles. The zero-order valence-electron chi connectivity index (χ0n) is 12.3. The Morgan fingerprint density at radius 3 is 2.77 bits per heavy atom. The first-order chi connectivity index (χ1) is 10.4. The molecule has 6 nitrogen and oxygen atoms in total. The fraction of sp³-hybridized carbons (Fsp3) is 0.500. The molecule has 2 rings (SSSR count). The van der Waals surface area contributed by atoms with Crippen LogP contribution in [0.4, 0.5) is 4.39 Å². The van der Waals surface area contributed by atoms with Gasteiger partial charge in [-0.05, 0) is 38.4 Å². The molecule has 0 bridgehead atoms. The van der Waals surface area contributed by atoms with Crippen molar-refractivity contribution in [1.29, 1.82) is 0 Å². The Bertz CT molecular complexity index is 630. The molecule has 0 aromatic heterocycles. The van der Waals surface area contributed by atoms with Crippen molar-refractivity contribution >= 4 is 15.9 Å². The van der Waals surface area contributed by atoms with E-state index >= 15 is 0 Å². The van der Waals surface area contributed by atoms with Crippen molar-refractivity contribution in [2.24, 2.45) is 0 Å². The molecule has 1 heterocycles. The van der Waals surface area contributed by atoms with Crippen LogP contribution < -0.4 is 15.4 Å². The van der Waals surface area contributed by atoms with E-state index in [1.165, 1.54) is 19.1 Å². The lowest BCUT2D eigenvalue weighted by atomic mass is 10.1. The summed E-state index contributed by atoms with van der Waals surface area (Å²) < 4.78 is 40.0. The van der Waals surface area contributed by atoms with Crippen molar-refractivity contribution in [2.45, 2.75) is 36.7 Å². The summed E-state index contributed by atoms with van der Waals surface area (Å²) in [5.74, 6) is -1.27. The summed E-state index contributed by atoms with van der Waals surface area (Å²) in [6.07, 6.45) is 1.81. The molecular formula is C14H20FN3O3S. The number of halogens is 1. The van der Waals surface area contributed by atoms with Crippen molar-refractivity contribution in [3.05, 3.63) is 30.1 Å². The molecule has 122 valence electrons. The van der Waals surface area contributed by atoms with Gasteiger partial charge in [0.05, 0.1) is 6.04 Å². The summed E-state index contributed by atoms with van der Waals surface area (Å²) in [6.45, 7) is 3.02. The van der Waals surface area contributed by atoms with Crippen LogP contribution in [0.2, 0.25) is 0 Å². The number of carbonyl (C=O) groups excluding carboxylic acids is 1. The molecule has 8 heteroatoms. The van der Waals surface area contributed by atoms with Gasteiger partial charge in [0, 0.05) is 12.6 Å². The minimum absolute atomic E-state index is 0.0123. The van der Waals surface area contributed by atoms with Crippen molar-refractivity contribution in [2.75, 3.05) is 13.1 Å². The number of piperidine rings is 1. The maximum Gasteiger partial charge on any atom is 0.244 e. The van der Waals surface area contributed by atoms with Crippen LogP contribution in [-0.4, -0.2) is 39.5 Å². The summed E-state index contributed by atoms with van der Waals surface area (Å²) in [7, 11) is -4.08. The largest absolute Gasteiger partial charge is 0.351 e. The summed E-state index contributed by atoms with van der Waals surface area (Å²) in [6, 6.07) is 4.06. The molecular weight excluding hydrogens is 309 g/mol. The lowest BCUT2D eigenvalue weighted by molar-refractivity contribution is -0.123. The predicted octanol–water partition coefficient (Wildman–Crippen LogP) is 0.361. The molecule has 0 spiro atoms. The van der Waals surface area contributed by atoms with E-state index in [0.29, 0.717) is 6.54 Å². The van der Waals surface area contributed by atoms with E-state index < -0.39 is 32.7 Å². The third-order valence-corrected chi connectivity index (χ3v) is 5.07. The number of rotatable bonds is 5. The fourth-order valence-corrected chi connectivity index (χ4v) is 3.60. The quantitative estimate of drug-likeness (QED) is 0.728. The first-order valence-electron chi connectivity index (χ1n) is 7.18. The zero-order chi connectivity index (χ0) is 16.2. The molecule has 1 aliphatic heterocycles. The molecule has 1 aromatic rings. The topological polar surface area (TPSA) is 87.3 Å². The number of amides is 1. The lowest BCUT2D eigenvalue weighted by Crippen LogP contribution is -2.52. The van der Waals surface area contributed by atoms with E-state index in [2.05, 4.69) is 15.4 Å². The van der Waals surface area contributed by atoms with Crippen LogP contribution in [0.5, 0.6) is 0 Å². The highest BCUT2D eigenvalue weighted by Crippen LogP contribution is 2.13. The second-order valence-electron chi connectivity index (χ2n) is 5.33. The van der Waals surface area contributed by atoms with E-state index in [4.69, 9.17) is 0 Å². The van der Waals surface area contributed by atoms with E-state index in [9.17, 15) is 17.6 Å². The standard InChI is InChI=1S/C14H20FN3O3S/c1-10(14(19)17-11-5-4-8-16-9-11)18-22(20,21)13-7-3-2-6-12(13)15/h2-3,6-7,10-11,16,18H,4-5,8-9H2,1H3,(H,17,19). The Balaban J connectivity index is 1.99. The van der Waals surface area contributed by atoms with Gasteiger partial charge in [-0.3, -0.25) is 4.79 Å². The zero-order valence-corrected chi connectivity index (χ0v) is 13.1. The Morgan fingerprint density at radius 1 is 1.41 bits per heavy atom. The first kappa shape index (κ1) is 16.9. The summed E-state index contributed by atoms with van der Waals surface area (Å²) >= 11 is 0. The monoisotopic (exact) mass is 329 g/mol. The minimum atomic E-state index is -4.08. The molecule has 1 aromatic carbocycles. The molecule has 1 saturated heterocycles. The molecule has 3 N–H and O–H groups in total. The molecule has 1 amide bonds. The number of nitrogens with one attached hydrogen (secondary N) is 3. The number of hydrogen-bond acceptors (Lipinski definition) is 4. The van der Waals surface area contributed by atoms with Crippen LogP contribution >= 0.6 is 0 Å². The highest BCUT2D eigenvalue weighted by molar-refractivity contribution is 7.89. The second kappa shape index (κ2) is 7.17. The molecule has 2 unspecified atom stereocenters. The SMILES string of the molecule is CC(NS(=O)(=O)c1ccccc1F)C(=O)NC1CCCNC1. The Morgan fingerprint density at radius 2 is 2.14 bits per heavy atom. The van der Waals surface area contributed by atoms with Gasteiger partial charge < -0.3 is 10.6 Å². The number of sulfonamides is 1. The van der Waals surface area contributed by atoms with E-state index in [1.807, 2.05) is 0 Å². The summed E-state index contributed by atoms with van der Waals surface area (Å²) in [5, 5.41) is 5.94. The van der Waals surface area contributed by atoms with Gasteiger partial charge in [-0.1, -0.05) is 12.1 Å². The number of hydrogen-bond donors (Lipinski definition) is 3. The van der Waals surface area contributed by atoms with E-state index in [1.54, 1.807) is 0 Å². The van der Waals surface area contributed by atoms with Gasteiger partial charge >= 0.3 is 0 Å². The number of carbonyl (C=O) groups is 1. The van der Waals surface area contributed by atoms with Crippen LogP contribution in [-0.2, 0) is 14.8 Å². The van der Waals surface area contributed by atoms with E-state index in [0.717, 1.165) is 31.5 Å². The molecule has 1 fully saturated rings. The van der Waals surface area contributed by atoms with Gasteiger partial charge in [-0.25, -0.2) is 12.8 Å². The second-order valence-corrected chi connectivity index (χ2v) is 7.01. The molecule has 2 atom stereocenters. The van der Waals surface area contributed by atoms with Crippen molar-refractivity contribution in [3.63, 3.8) is 0 Å². The van der Waals surface area contributed by atoms with Crippen LogP contribution in [0.15, 0.2) is 29.2 Å². The highest BCUT2D eigenvalue weighted by atomic mass is 32.2. The van der Waals surface area contributed by atoms with Crippen LogP contribution in [0, 0.1) is 5.82 Å². The fourth-order valence-electron chi connectivity index (χ4n) is 2.31. The smallest absolute Gasteiger partial charge is 0.244 e. The van der Waals surface area contributed by atoms with Crippen molar-refractivity contribution in [1.82, 2.24) is 15.4 Å². The van der Waals surface area contributed by atoms with Crippen LogP contribution in [0.3, 0.4) is 0 Å². The third-order valence-electron chi connectivity index (χ3n) is 3.49. The predicted molar refractivity (Wildman–Crippen MR) is 80.2 cm³/mol. The number of benzene rings is 1. The average molecular weight is 329 g/mol.